The first-order valence-corrected chi connectivity index (χ1v) is 7.25. The van der Waals surface area contributed by atoms with Crippen LogP contribution in [0.2, 0.25) is 0 Å². The fraction of sp³-hybridized carbons (Fsp3) is 0.625. The number of likely N-dealkylation sites (tertiary alicyclic amines) is 1. The standard InChI is InChI=1S/C16H24N2/c1-12-5-3-6-14(13(12)2)9-18-10-15-7-4-8-17-16(15)11-18/h3,5-6,15-17H,4,7-11H2,1-2H3. The number of rotatable bonds is 2. The topological polar surface area (TPSA) is 15.3 Å². The number of nitrogens with one attached hydrogen (secondary N) is 1. The number of aryl methyl sites for hydroxylation is 1. The van der Waals surface area contributed by atoms with E-state index >= 15 is 0 Å². The molecule has 0 amide bonds. The summed E-state index contributed by atoms with van der Waals surface area (Å²) in [7, 11) is 0. The largest absolute Gasteiger partial charge is 0.312 e. The number of fused-ring (bicyclic) bond motifs is 1. The molecule has 2 aliphatic rings. The average molecular weight is 244 g/mol. The Balaban J connectivity index is 1.68. The molecular weight excluding hydrogens is 220 g/mol. The molecule has 1 aromatic rings. The van der Waals surface area contributed by atoms with Gasteiger partial charge in [-0.3, -0.25) is 4.90 Å². The summed E-state index contributed by atoms with van der Waals surface area (Å²) in [6, 6.07) is 7.45. The third-order valence-electron chi connectivity index (χ3n) is 4.79. The summed E-state index contributed by atoms with van der Waals surface area (Å²) in [6.07, 6.45) is 2.78. The summed E-state index contributed by atoms with van der Waals surface area (Å²) in [6.45, 7) is 9.33. The molecule has 2 aliphatic heterocycles. The molecule has 1 aromatic carbocycles. The summed E-state index contributed by atoms with van der Waals surface area (Å²) >= 11 is 0. The van der Waals surface area contributed by atoms with Crippen molar-refractivity contribution in [3.05, 3.63) is 34.9 Å². The first-order chi connectivity index (χ1) is 8.74. The summed E-state index contributed by atoms with van der Waals surface area (Å²) in [4.78, 5) is 2.63. The van der Waals surface area contributed by atoms with E-state index in [0.29, 0.717) is 0 Å². The predicted octanol–water partition coefficient (Wildman–Crippen LogP) is 2.49. The first-order valence-electron chi connectivity index (χ1n) is 7.25. The van der Waals surface area contributed by atoms with Crippen LogP contribution in [-0.2, 0) is 6.54 Å². The number of nitrogens with zero attached hydrogens (tertiary/aromatic N) is 1. The fourth-order valence-electron chi connectivity index (χ4n) is 3.49. The molecule has 2 heteroatoms. The molecule has 2 atom stereocenters. The van der Waals surface area contributed by atoms with Gasteiger partial charge in [0.25, 0.3) is 0 Å². The van der Waals surface area contributed by atoms with E-state index in [2.05, 4.69) is 42.3 Å². The molecule has 0 saturated carbocycles. The van der Waals surface area contributed by atoms with Crippen molar-refractivity contribution in [3.63, 3.8) is 0 Å². The number of hydrogen-bond acceptors (Lipinski definition) is 2. The molecule has 0 aromatic heterocycles. The maximum atomic E-state index is 3.68. The second-order valence-electron chi connectivity index (χ2n) is 6.02. The van der Waals surface area contributed by atoms with Crippen LogP contribution in [0.15, 0.2) is 18.2 Å². The Labute approximate surface area is 110 Å². The van der Waals surface area contributed by atoms with Crippen LogP contribution in [0.3, 0.4) is 0 Å². The molecule has 2 fully saturated rings. The number of piperidine rings is 1. The van der Waals surface area contributed by atoms with Gasteiger partial charge in [-0.25, -0.2) is 0 Å². The van der Waals surface area contributed by atoms with Crippen molar-refractivity contribution < 1.29 is 0 Å². The quantitative estimate of drug-likeness (QED) is 0.860. The van der Waals surface area contributed by atoms with Gasteiger partial charge in [-0.1, -0.05) is 18.2 Å². The smallest absolute Gasteiger partial charge is 0.0237 e. The van der Waals surface area contributed by atoms with Crippen LogP contribution in [0.5, 0.6) is 0 Å². The van der Waals surface area contributed by atoms with Crippen LogP contribution < -0.4 is 5.32 Å². The van der Waals surface area contributed by atoms with Gasteiger partial charge in [0.05, 0.1) is 0 Å². The highest BCUT2D eigenvalue weighted by Crippen LogP contribution is 2.26. The minimum atomic E-state index is 0.754. The molecule has 2 saturated heterocycles. The van der Waals surface area contributed by atoms with Crippen molar-refractivity contribution in [1.29, 1.82) is 0 Å². The van der Waals surface area contributed by atoms with Crippen LogP contribution in [0.4, 0.5) is 0 Å². The van der Waals surface area contributed by atoms with Crippen molar-refractivity contribution in [2.24, 2.45) is 5.92 Å². The van der Waals surface area contributed by atoms with Crippen molar-refractivity contribution in [2.75, 3.05) is 19.6 Å². The third-order valence-corrected chi connectivity index (χ3v) is 4.79. The van der Waals surface area contributed by atoms with Gasteiger partial charge in [0.15, 0.2) is 0 Å². The second-order valence-corrected chi connectivity index (χ2v) is 6.02. The molecule has 0 radical (unpaired) electrons. The van der Waals surface area contributed by atoms with Crippen LogP contribution in [-0.4, -0.2) is 30.6 Å². The van der Waals surface area contributed by atoms with E-state index in [1.807, 2.05) is 0 Å². The normalized spacial score (nSPS) is 28.3. The maximum Gasteiger partial charge on any atom is 0.0237 e. The van der Waals surface area contributed by atoms with E-state index in [4.69, 9.17) is 0 Å². The van der Waals surface area contributed by atoms with Crippen molar-refractivity contribution >= 4 is 0 Å². The lowest BCUT2D eigenvalue weighted by Crippen LogP contribution is -2.40. The molecule has 18 heavy (non-hydrogen) atoms. The van der Waals surface area contributed by atoms with Gasteiger partial charge in [-0.2, -0.15) is 0 Å². The summed E-state index contributed by atoms with van der Waals surface area (Å²) in [5.74, 6) is 0.892. The highest BCUT2D eigenvalue weighted by atomic mass is 15.2. The highest BCUT2D eigenvalue weighted by molar-refractivity contribution is 5.33. The molecule has 2 unspecified atom stereocenters. The lowest BCUT2D eigenvalue weighted by atomic mass is 9.94. The Morgan fingerprint density at radius 1 is 1.28 bits per heavy atom. The van der Waals surface area contributed by atoms with Gasteiger partial charge < -0.3 is 5.32 Å². The minimum Gasteiger partial charge on any atom is -0.312 e. The molecule has 2 heterocycles. The number of benzene rings is 1. The third kappa shape index (κ3) is 2.32. The summed E-state index contributed by atoms with van der Waals surface area (Å²) in [5.41, 5.74) is 4.40. The highest BCUT2D eigenvalue weighted by Gasteiger charge is 2.33. The first kappa shape index (κ1) is 12.2. The van der Waals surface area contributed by atoms with E-state index in [0.717, 1.165) is 18.5 Å². The Bertz CT molecular complexity index is 413. The summed E-state index contributed by atoms with van der Waals surface area (Å²) in [5, 5.41) is 3.68. The van der Waals surface area contributed by atoms with Gasteiger partial charge >= 0.3 is 0 Å². The second kappa shape index (κ2) is 5.02. The van der Waals surface area contributed by atoms with E-state index in [-0.39, 0.29) is 0 Å². The predicted molar refractivity (Wildman–Crippen MR) is 75.7 cm³/mol. The van der Waals surface area contributed by atoms with Gasteiger partial charge in [0.2, 0.25) is 0 Å². The van der Waals surface area contributed by atoms with Crippen LogP contribution in [0, 0.1) is 19.8 Å². The molecule has 0 bridgehead atoms. The molecule has 1 N–H and O–H groups in total. The zero-order chi connectivity index (χ0) is 12.5. The number of hydrogen-bond donors (Lipinski definition) is 1. The average Bonchev–Trinajstić information content (AvgIpc) is 2.77. The van der Waals surface area contributed by atoms with Crippen molar-refractivity contribution in [1.82, 2.24) is 10.2 Å². The van der Waals surface area contributed by atoms with Gasteiger partial charge in [-0.05, 0) is 55.8 Å². The van der Waals surface area contributed by atoms with Crippen LogP contribution >= 0.6 is 0 Å². The van der Waals surface area contributed by atoms with Gasteiger partial charge in [0, 0.05) is 25.7 Å². The van der Waals surface area contributed by atoms with E-state index in [1.54, 1.807) is 0 Å². The van der Waals surface area contributed by atoms with E-state index in [9.17, 15) is 0 Å². The Morgan fingerprint density at radius 3 is 3.00 bits per heavy atom. The molecule has 98 valence electrons. The van der Waals surface area contributed by atoms with Crippen molar-refractivity contribution in [2.45, 2.75) is 39.3 Å². The summed E-state index contributed by atoms with van der Waals surface area (Å²) < 4.78 is 0. The molecule has 0 spiro atoms. The fourth-order valence-corrected chi connectivity index (χ4v) is 3.49. The lowest BCUT2D eigenvalue weighted by Gasteiger charge is -2.24. The maximum absolute atomic E-state index is 3.68. The molecule has 2 nitrogen and oxygen atoms in total. The Hall–Kier alpha value is -0.860. The molecular formula is C16H24N2. The van der Waals surface area contributed by atoms with Gasteiger partial charge in [0.1, 0.15) is 0 Å². The molecule has 3 rings (SSSR count). The Kier molecular flexibility index (Phi) is 3.40. The van der Waals surface area contributed by atoms with Crippen molar-refractivity contribution in [3.8, 4) is 0 Å². The minimum absolute atomic E-state index is 0.754. The SMILES string of the molecule is Cc1cccc(CN2CC3CCCNC3C2)c1C. The van der Waals surface area contributed by atoms with E-state index < -0.39 is 0 Å². The Morgan fingerprint density at radius 2 is 2.17 bits per heavy atom. The zero-order valence-corrected chi connectivity index (χ0v) is 11.6. The van der Waals surface area contributed by atoms with Crippen LogP contribution in [0.25, 0.3) is 0 Å². The lowest BCUT2D eigenvalue weighted by molar-refractivity contribution is 0.312. The molecule has 0 aliphatic carbocycles. The monoisotopic (exact) mass is 244 g/mol. The van der Waals surface area contributed by atoms with E-state index in [1.165, 1.54) is 49.2 Å². The zero-order valence-electron chi connectivity index (χ0n) is 11.6. The van der Waals surface area contributed by atoms with Gasteiger partial charge in [-0.15, -0.1) is 0 Å². The van der Waals surface area contributed by atoms with Crippen LogP contribution in [0.1, 0.15) is 29.5 Å².